The Hall–Kier alpha value is -1.35. The maximum atomic E-state index is 13.8. The van der Waals surface area contributed by atoms with E-state index in [0.29, 0.717) is 5.92 Å². The van der Waals surface area contributed by atoms with E-state index >= 15 is 0 Å². The fraction of sp³-hybridized carbons (Fsp3) is 0.385. The Bertz CT molecular complexity index is 518. The molecule has 1 aliphatic rings. The molecule has 2 nitrogen and oxygen atoms in total. The molecule has 2 heterocycles. The third-order valence-electron chi connectivity index (χ3n) is 3.52. The molecule has 84 valence electrons. The number of hydrogen-bond donors (Lipinski definition) is 1. The number of H-pyrrole nitrogens is 1. The van der Waals surface area contributed by atoms with Gasteiger partial charge < -0.3 is 9.88 Å². The number of nitrogens with zero attached hydrogens (tertiary/aromatic N) is 1. The summed E-state index contributed by atoms with van der Waals surface area (Å²) < 4.78 is 13.8. The van der Waals surface area contributed by atoms with Crippen molar-refractivity contribution in [1.82, 2.24) is 9.88 Å². The fourth-order valence-corrected chi connectivity index (χ4v) is 2.68. The number of aromatic amines is 1. The van der Waals surface area contributed by atoms with Gasteiger partial charge in [0.1, 0.15) is 5.82 Å². The average molecular weight is 218 g/mol. The van der Waals surface area contributed by atoms with E-state index in [9.17, 15) is 4.39 Å². The minimum Gasteiger partial charge on any atom is -0.361 e. The quantitative estimate of drug-likeness (QED) is 0.779. The molecule has 1 unspecified atom stereocenters. The summed E-state index contributed by atoms with van der Waals surface area (Å²) in [5.74, 6) is 0.360. The standard InChI is InChI=1S/C13H15FN2/c1-16-6-5-9(8-16)10-7-15-12-4-2-3-11(14)13(10)12/h2-4,7,9,15H,5-6,8H2,1H3. The van der Waals surface area contributed by atoms with Gasteiger partial charge in [0.05, 0.1) is 0 Å². The van der Waals surface area contributed by atoms with Crippen LogP contribution in [0.3, 0.4) is 0 Å². The predicted octanol–water partition coefficient (Wildman–Crippen LogP) is 2.73. The van der Waals surface area contributed by atoms with E-state index in [1.807, 2.05) is 12.3 Å². The van der Waals surface area contributed by atoms with Crippen LogP contribution >= 0.6 is 0 Å². The zero-order chi connectivity index (χ0) is 11.1. The van der Waals surface area contributed by atoms with Crippen LogP contribution in [-0.4, -0.2) is 30.0 Å². The Morgan fingerprint density at radius 1 is 1.44 bits per heavy atom. The molecule has 1 aromatic heterocycles. The van der Waals surface area contributed by atoms with E-state index in [1.54, 1.807) is 12.1 Å². The fourth-order valence-electron chi connectivity index (χ4n) is 2.68. The third-order valence-corrected chi connectivity index (χ3v) is 3.52. The number of fused-ring (bicyclic) bond motifs is 1. The number of aromatic nitrogens is 1. The second-order valence-electron chi connectivity index (χ2n) is 4.65. The van der Waals surface area contributed by atoms with Gasteiger partial charge >= 0.3 is 0 Å². The molecule has 0 amide bonds. The molecule has 16 heavy (non-hydrogen) atoms. The first-order valence-electron chi connectivity index (χ1n) is 5.70. The molecule has 0 bridgehead atoms. The lowest BCUT2D eigenvalue weighted by atomic mass is 9.98. The summed E-state index contributed by atoms with van der Waals surface area (Å²) in [4.78, 5) is 5.46. The van der Waals surface area contributed by atoms with Crippen molar-refractivity contribution in [2.24, 2.45) is 0 Å². The maximum absolute atomic E-state index is 13.8. The monoisotopic (exact) mass is 218 g/mol. The van der Waals surface area contributed by atoms with Gasteiger partial charge in [-0.2, -0.15) is 0 Å². The van der Waals surface area contributed by atoms with Crippen LogP contribution in [0.25, 0.3) is 10.9 Å². The van der Waals surface area contributed by atoms with Gasteiger partial charge in [-0.3, -0.25) is 0 Å². The number of rotatable bonds is 1. The first-order chi connectivity index (χ1) is 7.75. The summed E-state index contributed by atoms with van der Waals surface area (Å²) in [7, 11) is 2.12. The van der Waals surface area contributed by atoms with Crippen LogP contribution < -0.4 is 0 Å². The zero-order valence-electron chi connectivity index (χ0n) is 9.33. The van der Waals surface area contributed by atoms with Crippen molar-refractivity contribution in [3.63, 3.8) is 0 Å². The first-order valence-corrected chi connectivity index (χ1v) is 5.70. The lowest BCUT2D eigenvalue weighted by molar-refractivity contribution is 0.412. The lowest BCUT2D eigenvalue weighted by Gasteiger charge is -2.09. The number of likely N-dealkylation sites (tertiary alicyclic amines) is 1. The van der Waals surface area contributed by atoms with Gasteiger partial charge in [-0.15, -0.1) is 0 Å². The number of halogens is 1. The number of hydrogen-bond acceptors (Lipinski definition) is 1. The Kier molecular flexibility index (Phi) is 2.21. The third kappa shape index (κ3) is 1.43. The maximum Gasteiger partial charge on any atom is 0.132 e. The summed E-state index contributed by atoms with van der Waals surface area (Å²) in [6, 6.07) is 5.22. The number of nitrogens with one attached hydrogen (secondary N) is 1. The van der Waals surface area contributed by atoms with E-state index in [1.165, 1.54) is 0 Å². The van der Waals surface area contributed by atoms with E-state index in [-0.39, 0.29) is 5.82 Å². The van der Waals surface area contributed by atoms with Crippen molar-refractivity contribution in [1.29, 1.82) is 0 Å². The van der Waals surface area contributed by atoms with Crippen LogP contribution in [0.5, 0.6) is 0 Å². The van der Waals surface area contributed by atoms with Crippen LogP contribution in [0.15, 0.2) is 24.4 Å². The topological polar surface area (TPSA) is 19.0 Å². The molecule has 0 spiro atoms. The lowest BCUT2D eigenvalue weighted by Crippen LogP contribution is -2.13. The molecule has 0 aliphatic carbocycles. The van der Waals surface area contributed by atoms with Crippen LogP contribution in [-0.2, 0) is 0 Å². The second-order valence-corrected chi connectivity index (χ2v) is 4.65. The highest BCUT2D eigenvalue weighted by molar-refractivity contribution is 5.84. The average Bonchev–Trinajstić information content (AvgIpc) is 2.84. The zero-order valence-corrected chi connectivity index (χ0v) is 9.33. The molecular weight excluding hydrogens is 203 g/mol. The van der Waals surface area contributed by atoms with Gasteiger partial charge in [0.2, 0.25) is 0 Å². The van der Waals surface area contributed by atoms with E-state index < -0.39 is 0 Å². The highest BCUT2D eigenvalue weighted by Crippen LogP contribution is 2.33. The molecule has 2 aromatic rings. The summed E-state index contributed by atoms with van der Waals surface area (Å²) in [5.41, 5.74) is 2.04. The van der Waals surface area contributed by atoms with E-state index in [2.05, 4.69) is 16.9 Å². The Balaban J connectivity index is 2.10. The van der Waals surface area contributed by atoms with Crippen molar-refractivity contribution in [2.75, 3.05) is 20.1 Å². The second kappa shape index (κ2) is 3.59. The normalized spacial score (nSPS) is 22.0. The van der Waals surface area contributed by atoms with Gasteiger partial charge in [0.25, 0.3) is 0 Å². The van der Waals surface area contributed by atoms with Crippen LogP contribution in [0.4, 0.5) is 4.39 Å². The number of likely N-dealkylation sites (N-methyl/N-ethyl adjacent to an activating group) is 1. The molecule has 3 heteroatoms. The Morgan fingerprint density at radius 3 is 3.06 bits per heavy atom. The van der Waals surface area contributed by atoms with Crippen molar-refractivity contribution < 1.29 is 4.39 Å². The predicted molar refractivity (Wildman–Crippen MR) is 63.1 cm³/mol. The van der Waals surface area contributed by atoms with E-state index in [4.69, 9.17) is 0 Å². The molecule has 1 aliphatic heterocycles. The largest absolute Gasteiger partial charge is 0.361 e. The molecule has 1 saturated heterocycles. The van der Waals surface area contributed by atoms with Crippen LogP contribution in [0.1, 0.15) is 17.9 Å². The highest BCUT2D eigenvalue weighted by atomic mass is 19.1. The molecule has 3 rings (SSSR count). The summed E-state index contributed by atoms with van der Waals surface area (Å²) in [5, 5.41) is 0.780. The molecular formula is C13H15FN2. The first kappa shape index (κ1) is 9.85. The smallest absolute Gasteiger partial charge is 0.132 e. The highest BCUT2D eigenvalue weighted by Gasteiger charge is 2.24. The van der Waals surface area contributed by atoms with Crippen molar-refractivity contribution in [3.05, 3.63) is 35.8 Å². The molecule has 1 fully saturated rings. The van der Waals surface area contributed by atoms with Gasteiger partial charge in [-0.1, -0.05) is 6.07 Å². The van der Waals surface area contributed by atoms with Crippen molar-refractivity contribution in [2.45, 2.75) is 12.3 Å². The minimum absolute atomic E-state index is 0.108. The van der Waals surface area contributed by atoms with Gasteiger partial charge in [0, 0.05) is 29.6 Å². The molecule has 0 saturated carbocycles. The number of benzene rings is 1. The molecule has 1 atom stereocenters. The van der Waals surface area contributed by atoms with E-state index in [0.717, 1.165) is 36.0 Å². The van der Waals surface area contributed by atoms with Gasteiger partial charge in [-0.25, -0.2) is 4.39 Å². The molecule has 0 radical (unpaired) electrons. The van der Waals surface area contributed by atoms with Crippen molar-refractivity contribution >= 4 is 10.9 Å². The summed E-state index contributed by atoms with van der Waals surface area (Å²) in [6.45, 7) is 2.13. The SMILES string of the molecule is CN1CCC(c2c[nH]c3cccc(F)c23)C1. The van der Waals surface area contributed by atoms with Gasteiger partial charge in [-0.05, 0) is 37.7 Å². The molecule has 1 N–H and O–H groups in total. The molecule has 1 aromatic carbocycles. The van der Waals surface area contributed by atoms with Crippen LogP contribution in [0.2, 0.25) is 0 Å². The summed E-state index contributed by atoms with van der Waals surface area (Å²) >= 11 is 0. The Morgan fingerprint density at radius 2 is 2.31 bits per heavy atom. The minimum atomic E-state index is -0.108. The Labute approximate surface area is 94.1 Å². The summed E-state index contributed by atoms with van der Waals surface area (Å²) in [6.07, 6.45) is 3.09. The van der Waals surface area contributed by atoms with Crippen LogP contribution in [0, 0.1) is 5.82 Å². The van der Waals surface area contributed by atoms with Gasteiger partial charge in [0.15, 0.2) is 0 Å². The van der Waals surface area contributed by atoms with Crippen molar-refractivity contribution in [3.8, 4) is 0 Å².